The first-order valence-corrected chi connectivity index (χ1v) is 6.70. The molecule has 0 aliphatic carbocycles. The van der Waals surface area contributed by atoms with Gasteiger partial charge in [0, 0.05) is 12.1 Å². The van der Waals surface area contributed by atoms with E-state index >= 15 is 0 Å². The average molecular weight is 338 g/mol. The highest BCUT2D eigenvalue weighted by molar-refractivity contribution is 9.10. The lowest BCUT2D eigenvalue weighted by molar-refractivity contribution is 0.0696. The summed E-state index contributed by atoms with van der Waals surface area (Å²) in [7, 11) is 0. The second-order valence-corrected chi connectivity index (χ2v) is 4.65. The molecule has 1 heterocycles. The van der Waals surface area contributed by atoms with Gasteiger partial charge in [0.05, 0.1) is 16.6 Å². The van der Waals surface area contributed by atoms with Gasteiger partial charge in [-0.25, -0.2) is 4.79 Å². The maximum absolute atomic E-state index is 10.9. The molecule has 0 radical (unpaired) electrons. The normalized spacial score (nSPS) is 10.1. The van der Waals surface area contributed by atoms with Crippen molar-refractivity contribution in [2.45, 2.75) is 6.92 Å². The van der Waals surface area contributed by atoms with Gasteiger partial charge in [0.25, 0.3) is 0 Å². The molecule has 2 aromatic rings. The second-order valence-electron chi connectivity index (χ2n) is 3.80. The zero-order valence-electron chi connectivity index (χ0n) is 10.7. The number of hydrogen-bond acceptors (Lipinski definition) is 4. The van der Waals surface area contributed by atoms with Crippen molar-refractivity contribution in [3.63, 3.8) is 0 Å². The Morgan fingerprint density at radius 2 is 2.05 bits per heavy atom. The van der Waals surface area contributed by atoms with Crippen molar-refractivity contribution >= 4 is 21.9 Å². The highest BCUT2D eigenvalue weighted by Crippen LogP contribution is 2.30. The molecule has 0 unspecified atom stereocenters. The summed E-state index contributed by atoms with van der Waals surface area (Å²) < 4.78 is 11.5. The van der Waals surface area contributed by atoms with Gasteiger partial charge < -0.3 is 14.6 Å². The molecule has 1 N–H and O–H groups in total. The Morgan fingerprint density at radius 3 is 2.75 bits per heavy atom. The zero-order chi connectivity index (χ0) is 14.5. The number of carboxylic acids is 1. The molecule has 0 aliphatic heterocycles. The van der Waals surface area contributed by atoms with Crippen LogP contribution < -0.4 is 9.47 Å². The van der Waals surface area contributed by atoms with E-state index in [0.29, 0.717) is 28.6 Å². The van der Waals surface area contributed by atoms with Crippen LogP contribution in [-0.2, 0) is 0 Å². The Balaban J connectivity index is 2.27. The van der Waals surface area contributed by atoms with Gasteiger partial charge in [-0.1, -0.05) is 6.07 Å². The number of hydrogen-bond donors (Lipinski definition) is 1. The van der Waals surface area contributed by atoms with Gasteiger partial charge >= 0.3 is 5.97 Å². The summed E-state index contributed by atoms with van der Waals surface area (Å²) >= 11 is 3.31. The summed E-state index contributed by atoms with van der Waals surface area (Å²) in [5.41, 5.74) is 0.143. The predicted octanol–water partition coefficient (Wildman–Crippen LogP) is 3.73. The van der Waals surface area contributed by atoms with Gasteiger partial charge in [0.15, 0.2) is 0 Å². The molecule has 0 saturated heterocycles. The van der Waals surface area contributed by atoms with Crippen LogP contribution in [0, 0.1) is 0 Å². The molecule has 0 aliphatic rings. The lowest BCUT2D eigenvalue weighted by atomic mass is 10.2. The summed E-state index contributed by atoms with van der Waals surface area (Å²) in [6.07, 6.45) is 0. The fraction of sp³-hybridized carbons (Fsp3) is 0.143. The summed E-state index contributed by atoms with van der Waals surface area (Å²) in [4.78, 5) is 15.1. The van der Waals surface area contributed by atoms with Gasteiger partial charge in [-0.05, 0) is 41.1 Å². The largest absolute Gasteiger partial charge is 0.478 e. The lowest BCUT2D eigenvalue weighted by Crippen LogP contribution is -1.98. The third-order valence-electron chi connectivity index (χ3n) is 2.38. The third kappa shape index (κ3) is 3.48. The van der Waals surface area contributed by atoms with Crippen molar-refractivity contribution < 1.29 is 19.4 Å². The topological polar surface area (TPSA) is 68.7 Å². The molecule has 6 heteroatoms. The standard InChI is InChI=1S/C14H12BrNO4/c1-2-19-12-4-3-5-13(16-12)20-11-8-9(14(17)18)6-7-10(11)15/h3-8H,2H2,1H3,(H,17,18). The summed E-state index contributed by atoms with van der Waals surface area (Å²) in [5.74, 6) is 0.152. The Labute approximate surface area is 124 Å². The van der Waals surface area contributed by atoms with E-state index in [2.05, 4.69) is 20.9 Å². The molecular formula is C14H12BrNO4. The molecule has 2 rings (SSSR count). The first kappa shape index (κ1) is 14.3. The Hall–Kier alpha value is -2.08. The van der Waals surface area contributed by atoms with Crippen LogP contribution in [0.25, 0.3) is 0 Å². The number of carboxylic acid groups (broad SMARTS) is 1. The molecular weight excluding hydrogens is 326 g/mol. The maximum atomic E-state index is 10.9. The van der Waals surface area contributed by atoms with Gasteiger partial charge in [-0.2, -0.15) is 4.98 Å². The van der Waals surface area contributed by atoms with Gasteiger partial charge in [0.1, 0.15) is 5.75 Å². The number of halogens is 1. The minimum atomic E-state index is -1.02. The van der Waals surface area contributed by atoms with Crippen molar-refractivity contribution in [2.24, 2.45) is 0 Å². The van der Waals surface area contributed by atoms with Crippen molar-refractivity contribution in [1.82, 2.24) is 4.98 Å². The monoisotopic (exact) mass is 337 g/mol. The third-order valence-corrected chi connectivity index (χ3v) is 3.04. The number of carbonyl (C=O) groups is 1. The van der Waals surface area contributed by atoms with E-state index in [9.17, 15) is 4.79 Å². The van der Waals surface area contributed by atoms with Crippen LogP contribution in [0.1, 0.15) is 17.3 Å². The summed E-state index contributed by atoms with van der Waals surface area (Å²) in [6.45, 7) is 2.37. The van der Waals surface area contributed by atoms with E-state index in [1.807, 2.05) is 6.92 Å². The van der Waals surface area contributed by atoms with Crippen LogP contribution in [0.5, 0.6) is 17.5 Å². The molecule has 20 heavy (non-hydrogen) atoms. The van der Waals surface area contributed by atoms with E-state index in [4.69, 9.17) is 14.6 Å². The Morgan fingerprint density at radius 1 is 1.30 bits per heavy atom. The van der Waals surface area contributed by atoms with Crippen LogP contribution in [0.15, 0.2) is 40.9 Å². The highest BCUT2D eigenvalue weighted by atomic mass is 79.9. The second kappa shape index (κ2) is 6.38. The number of rotatable bonds is 5. The molecule has 0 bridgehead atoms. The zero-order valence-corrected chi connectivity index (χ0v) is 12.3. The molecule has 0 amide bonds. The van der Waals surface area contributed by atoms with E-state index < -0.39 is 5.97 Å². The van der Waals surface area contributed by atoms with Crippen molar-refractivity contribution in [2.75, 3.05) is 6.61 Å². The molecule has 5 nitrogen and oxygen atoms in total. The van der Waals surface area contributed by atoms with Crippen molar-refractivity contribution in [3.05, 3.63) is 46.4 Å². The number of pyridine rings is 1. The minimum absolute atomic E-state index is 0.143. The fourth-order valence-electron chi connectivity index (χ4n) is 1.51. The average Bonchev–Trinajstić information content (AvgIpc) is 2.42. The molecule has 104 valence electrons. The number of ether oxygens (including phenoxy) is 2. The number of aromatic carboxylic acids is 1. The van der Waals surface area contributed by atoms with Crippen LogP contribution in [-0.4, -0.2) is 22.7 Å². The minimum Gasteiger partial charge on any atom is -0.478 e. The van der Waals surface area contributed by atoms with Crippen LogP contribution >= 0.6 is 15.9 Å². The van der Waals surface area contributed by atoms with Crippen molar-refractivity contribution in [1.29, 1.82) is 0 Å². The fourth-order valence-corrected chi connectivity index (χ4v) is 1.84. The summed E-state index contributed by atoms with van der Waals surface area (Å²) in [5, 5.41) is 8.97. The van der Waals surface area contributed by atoms with Gasteiger partial charge in [-0.15, -0.1) is 0 Å². The Bertz CT molecular complexity index is 630. The molecule has 1 aromatic heterocycles. The van der Waals surface area contributed by atoms with Gasteiger partial charge in [0.2, 0.25) is 11.8 Å². The van der Waals surface area contributed by atoms with Crippen molar-refractivity contribution in [3.8, 4) is 17.5 Å². The number of nitrogens with zero attached hydrogens (tertiary/aromatic N) is 1. The molecule has 0 spiro atoms. The van der Waals surface area contributed by atoms with E-state index in [-0.39, 0.29) is 5.56 Å². The smallest absolute Gasteiger partial charge is 0.335 e. The number of benzene rings is 1. The SMILES string of the molecule is CCOc1cccc(Oc2cc(C(=O)O)ccc2Br)n1. The van der Waals surface area contributed by atoms with E-state index in [1.54, 1.807) is 24.3 Å². The van der Waals surface area contributed by atoms with Gasteiger partial charge in [-0.3, -0.25) is 0 Å². The highest BCUT2D eigenvalue weighted by Gasteiger charge is 2.10. The van der Waals surface area contributed by atoms with E-state index in [1.165, 1.54) is 12.1 Å². The molecule has 1 aromatic carbocycles. The maximum Gasteiger partial charge on any atom is 0.335 e. The first-order valence-electron chi connectivity index (χ1n) is 5.90. The number of aromatic nitrogens is 1. The lowest BCUT2D eigenvalue weighted by Gasteiger charge is -2.09. The predicted molar refractivity (Wildman–Crippen MR) is 76.6 cm³/mol. The van der Waals surface area contributed by atoms with Crippen LogP contribution in [0.3, 0.4) is 0 Å². The van der Waals surface area contributed by atoms with E-state index in [0.717, 1.165) is 0 Å². The Kier molecular flexibility index (Phi) is 4.57. The first-order chi connectivity index (χ1) is 9.60. The molecule has 0 saturated carbocycles. The quantitative estimate of drug-likeness (QED) is 0.900. The van der Waals surface area contributed by atoms with Crippen LogP contribution in [0.4, 0.5) is 0 Å². The molecule has 0 fully saturated rings. The molecule has 0 atom stereocenters. The van der Waals surface area contributed by atoms with Crippen LogP contribution in [0.2, 0.25) is 0 Å². The summed E-state index contributed by atoms with van der Waals surface area (Å²) in [6, 6.07) is 9.68.